The number of para-hydroxylation sites is 1. The highest BCUT2D eigenvalue weighted by molar-refractivity contribution is 6.29. The van der Waals surface area contributed by atoms with Crippen LogP contribution in [0.1, 0.15) is 0 Å². The second kappa shape index (κ2) is 6.49. The Kier molecular flexibility index (Phi) is 5.22. The van der Waals surface area contributed by atoms with Crippen LogP contribution in [0.25, 0.3) is 0 Å². The number of benzene rings is 1. The van der Waals surface area contributed by atoms with Crippen molar-refractivity contribution in [2.75, 3.05) is 31.7 Å². The monoisotopic (exact) mass is 225 g/mol. The lowest BCUT2D eigenvalue weighted by molar-refractivity contribution is 0.205. The van der Waals surface area contributed by atoms with Gasteiger partial charge < -0.3 is 9.64 Å². The molecule has 0 unspecified atom stereocenters. The van der Waals surface area contributed by atoms with Gasteiger partial charge in [-0.1, -0.05) is 36.4 Å². The van der Waals surface area contributed by atoms with Crippen molar-refractivity contribution in [1.29, 1.82) is 0 Å². The predicted molar refractivity (Wildman–Crippen MR) is 65.5 cm³/mol. The molecule has 3 heteroatoms. The van der Waals surface area contributed by atoms with Crippen molar-refractivity contribution in [3.05, 3.63) is 41.9 Å². The first-order valence-electron chi connectivity index (χ1n) is 4.86. The zero-order valence-corrected chi connectivity index (χ0v) is 9.70. The van der Waals surface area contributed by atoms with Crippen LogP contribution in [0.2, 0.25) is 0 Å². The van der Waals surface area contributed by atoms with Gasteiger partial charge in [0.15, 0.2) is 0 Å². The number of anilines is 1. The third kappa shape index (κ3) is 4.36. The van der Waals surface area contributed by atoms with E-state index in [-0.39, 0.29) is 0 Å². The normalized spacial score (nSPS) is 10.0. The van der Waals surface area contributed by atoms with Gasteiger partial charge in [0, 0.05) is 24.4 Å². The minimum atomic E-state index is 0.634. The Balaban J connectivity index is 2.67. The molecule has 2 nitrogen and oxygen atoms in total. The van der Waals surface area contributed by atoms with Crippen molar-refractivity contribution in [1.82, 2.24) is 0 Å². The molecule has 0 spiro atoms. The van der Waals surface area contributed by atoms with E-state index in [0.717, 1.165) is 12.2 Å². The smallest absolute Gasteiger partial charge is 0.0637 e. The number of hydrogen-bond acceptors (Lipinski definition) is 2. The van der Waals surface area contributed by atoms with Gasteiger partial charge in [0.05, 0.1) is 13.2 Å². The molecule has 1 aromatic carbocycles. The Morgan fingerprint density at radius 2 is 2.07 bits per heavy atom. The van der Waals surface area contributed by atoms with E-state index in [1.54, 1.807) is 7.11 Å². The Morgan fingerprint density at radius 3 is 2.60 bits per heavy atom. The predicted octanol–water partition coefficient (Wildman–Crippen LogP) is 2.89. The molecule has 0 atom stereocenters. The average Bonchev–Trinajstić information content (AvgIpc) is 2.25. The highest BCUT2D eigenvalue weighted by Crippen LogP contribution is 2.15. The quantitative estimate of drug-likeness (QED) is 0.738. The average molecular weight is 226 g/mol. The summed E-state index contributed by atoms with van der Waals surface area (Å²) in [6.45, 7) is 5.85. The van der Waals surface area contributed by atoms with Crippen molar-refractivity contribution < 1.29 is 4.74 Å². The summed E-state index contributed by atoms with van der Waals surface area (Å²) in [7, 11) is 1.69. The van der Waals surface area contributed by atoms with E-state index in [0.29, 0.717) is 18.2 Å². The van der Waals surface area contributed by atoms with E-state index in [9.17, 15) is 0 Å². The molecule has 0 saturated heterocycles. The lowest BCUT2D eigenvalue weighted by atomic mass is 10.3. The Morgan fingerprint density at radius 1 is 1.40 bits per heavy atom. The summed E-state index contributed by atoms with van der Waals surface area (Å²) in [6, 6.07) is 10.1. The largest absolute Gasteiger partial charge is 0.383 e. The summed E-state index contributed by atoms with van der Waals surface area (Å²) in [5.74, 6) is 0. The van der Waals surface area contributed by atoms with E-state index in [1.165, 1.54) is 0 Å². The van der Waals surface area contributed by atoms with Gasteiger partial charge in [-0.05, 0) is 12.1 Å². The number of methoxy groups -OCH3 is 1. The fraction of sp³-hybridized carbons (Fsp3) is 0.333. The molecule has 0 aromatic heterocycles. The third-order valence-corrected chi connectivity index (χ3v) is 2.17. The first-order chi connectivity index (χ1) is 7.24. The van der Waals surface area contributed by atoms with Crippen LogP contribution in [0.15, 0.2) is 41.9 Å². The molecule has 0 saturated carbocycles. The van der Waals surface area contributed by atoms with Crippen LogP contribution < -0.4 is 4.90 Å². The third-order valence-electron chi connectivity index (χ3n) is 2.05. The number of rotatable bonds is 6. The minimum absolute atomic E-state index is 0.634. The molecule has 1 aromatic rings. The zero-order valence-electron chi connectivity index (χ0n) is 8.95. The molecule has 0 N–H and O–H groups in total. The lowest BCUT2D eigenvalue weighted by Gasteiger charge is -2.23. The fourth-order valence-corrected chi connectivity index (χ4v) is 1.49. The van der Waals surface area contributed by atoms with Crippen LogP contribution in [0, 0.1) is 0 Å². The molecule has 0 heterocycles. The first kappa shape index (κ1) is 12.1. The molecular formula is C12H16ClNO. The number of halogens is 1. The summed E-state index contributed by atoms with van der Waals surface area (Å²) in [5, 5.41) is 0.634. The number of ether oxygens (including phenoxy) is 1. The molecule has 0 aliphatic rings. The van der Waals surface area contributed by atoms with Crippen molar-refractivity contribution >= 4 is 17.3 Å². The van der Waals surface area contributed by atoms with Crippen molar-refractivity contribution in [3.8, 4) is 0 Å². The van der Waals surface area contributed by atoms with Crippen LogP contribution in [0.5, 0.6) is 0 Å². The van der Waals surface area contributed by atoms with Crippen LogP contribution >= 0.6 is 11.6 Å². The van der Waals surface area contributed by atoms with Gasteiger partial charge in [0.1, 0.15) is 0 Å². The topological polar surface area (TPSA) is 12.5 Å². The van der Waals surface area contributed by atoms with Crippen LogP contribution in [0.3, 0.4) is 0 Å². The second-order valence-corrected chi connectivity index (χ2v) is 3.80. The molecule has 0 radical (unpaired) electrons. The molecule has 0 amide bonds. The van der Waals surface area contributed by atoms with E-state index < -0.39 is 0 Å². The van der Waals surface area contributed by atoms with Gasteiger partial charge in [-0.2, -0.15) is 0 Å². The maximum atomic E-state index is 5.82. The number of nitrogens with zero attached hydrogens (tertiary/aromatic N) is 1. The summed E-state index contributed by atoms with van der Waals surface area (Å²) in [6.07, 6.45) is 0. The summed E-state index contributed by atoms with van der Waals surface area (Å²) in [5.41, 5.74) is 1.14. The second-order valence-electron chi connectivity index (χ2n) is 3.27. The van der Waals surface area contributed by atoms with Gasteiger partial charge in [-0.3, -0.25) is 0 Å². The molecule has 0 fully saturated rings. The van der Waals surface area contributed by atoms with Gasteiger partial charge in [0.25, 0.3) is 0 Å². The maximum absolute atomic E-state index is 5.82. The highest BCUT2D eigenvalue weighted by Gasteiger charge is 2.05. The molecule has 82 valence electrons. The number of hydrogen-bond donors (Lipinski definition) is 0. The molecule has 15 heavy (non-hydrogen) atoms. The molecule has 0 aliphatic carbocycles. The van der Waals surface area contributed by atoms with Crippen LogP contribution in [0.4, 0.5) is 5.69 Å². The van der Waals surface area contributed by atoms with Gasteiger partial charge in [-0.25, -0.2) is 0 Å². The van der Waals surface area contributed by atoms with E-state index in [1.807, 2.05) is 18.2 Å². The van der Waals surface area contributed by atoms with Gasteiger partial charge in [0.2, 0.25) is 0 Å². The molecular weight excluding hydrogens is 210 g/mol. The van der Waals surface area contributed by atoms with Crippen molar-refractivity contribution in [2.24, 2.45) is 0 Å². The standard InChI is InChI=1S/C12H16ClNO/c1-11(13)10-14(8-9-15-2)12-6-4-3-5-7-12/h3-7H,1,8-10H2,2H3. The van der Waals surface area contributed by atoms with E-state index >= 15 is 0 Å². The highest BCUT2D eigenvalue weighted by atomic mass is 35.5. The summed E-state index contributed by atoms with van der Waals surface area (Å²) < 4.78 is 5.06. The Hall–Kier alpha value is -0.990. The van der Waals surface area contributed by atoms with Crippen LogP contribution in [-0.4, -0.2) is 26.8 Å². The van der Waals surface area contributed by atoms with Gasteiger partial charge in [-0.15, -0.1) is 0 Å². The zero-order chi connectivity index (χ0) is 11.1. The minimum Gasteiger partial charge on any atom is -0.383 e. The van der Waals surface area contributed by atoms with Crippen molar-refractivity contribution in [2.45, 2.75) is 0 Å². The Labute approximate surface area is 96.1 Å². The van der Waals surface area contributed by atoms with E-state index in [2.05, 4.69) is 23.6 Å². The van der Waals surface area contributed by atoms with Crippen LogP contribution in [-0.2, 0) is 4.74 Å². The van der Waals surface area contributed by atoms with E-state index in [4.69, 9.17) is 16.3 Å². The fourth-order valence-electron chi connectivity index (χ4n) is 1.35. The molecule has 1 rings (SSSR count). The summed E-state index contributed by atoms with van der Waals surface area (Å²) in [4.78, 5) is 2.14. The van der Waals surface area contributed by atoms with Gasteiger partial charge >= 0.3 is 0 Å². The molecule has 0 bridgehead atoms. The lowest BCUT2D eigenvalue weighted by Crippen LogP contribution is -2.28. The maximum Gasteiger partial charge on any atom is 0.0637 e. The first-order valence-corrected chi connectivity index (χ1v) is 5.24. The molecule has 0 aliphatic heterocycles. The SMILES string of the molecule is C=C(Cl)CN(CCOC)c1ccccc1. The van der Waals surface area contributed by atoms with Crippen molar-refractivity contribution in [3.63, 3.8) is 0 Å². The Bertz CT molecular complexity index is 300. The summed E-state index contributed by atoms with van der Waals surface area (Å²) >= 11 is 5.82.